The molecule has 0 aliphatic carbocycles. The maximum Gasteiger partial charge on any atom is 0.338 e. The number of amides is 2. The Morgan fingerprint density at radius 2 is 1.71 bits per heavy atom. The van der Waals surface area contributed by atoms with Crippen molar-refractivity contribution in [1.82, 2.24) is 15.5 Å². The molecule has 2 aromatic rings. The van der Waals surface area contributed by atoms with Crippen molar-refractivity contribution in [2.45, 2.75) is 19.9 Å². The summed E-state index contributed by atoms with van der Waals surface area (Å²) in [7, 11) is 1.36. The normalized spacial score (nSPS) is 18.9. The van der Waals surface area contributed by atoms with Crippen LogP contribution in [-0.2, 0) is 9.53 Å². The van der Waals surface area contributed by atoms with E-state index < -0.39 is 12.0 Å². The lowest BCUT2D eigenvalue weighted by molar-refractivity contribution is -0.136. The number of hydrogen-bond acceptors (Lipinski definition) is 6. The number of benzene rings is 2. The molecule has 180 valence electrons. The van der Waals surface area contributed by atoms with Crippen molar-refractivity contribution in [3.8, 4) is 5.75 Å². The number of piperazine rings is 1. The zero-order valence-electron chi connectivity index (χ0n) is 20.0. The molecule has 8 nitrogen and oxygen atoms in total. The number of nitrogens with one attached hydrogen (secondary N) is 2. The van der Waals surface area contributed by atoms with Gasteiger partial charge in [0.15, 0.2) is 0 Å². The lowest BCUT2D eigenvalue weighted by Crippen LogP contribution is -2.51. The maximum atomic E-state index is 12.8. The van der Waals surface area contributed by atoms with Crippen LogP contribution >= 0.6 is 0 Å². The van der Waals surface area contributed by atoms with Crippen molar-refractivity contribution in [3.05, 3.63) is 70.9 Å². The second-order valence-electron chi connectivity index (χ2n) is 8.52. The average molecular weight is 465 g/mol. The number of methoxy groups -OCH3 is 1. The number of urea groups is 1. The monoisotopic (exact) mass is 464 g/mol. The average Bonchev–Trinajstić information content (AvgIpc) is 2.85. The van der Waals surface area contributed by atoms with Crippen LogP contribution in [0.5, 0.6) is 5.75 Å². The molecule has 1 atom stereocenters. The van der Waals surface area contributed by atoms with E-state index in [2.05, 4.69) is 51.6 Å². The van der Waals surface area contributed by atoms with Gasteiger partial charge in [-0.3, -0.25) is 4.90 Å². The third-order valence-electron chi connectivity index (χ3n) is 6.24. The van der Waals surface area contributed by atoms with Gasteiger partial charge in [0, 0.05) is 44.1 Å². The Bertz CT molecular complexity index is 1040. The van der Waals surface area contributed by atoms with Crippen molar-refractivity contribution < 1.29 is 19.1 Å². The summed E-state index contributed by atoms with van der Waals surface area (Å²) in [4.78, 5) is 30.0. The highest BCUT2D eigenvalue weighted by atomic mass is 16.5. The summed E-state index contributed by atoms with van der Waals surface area (Å²) >= 11 is 0. The van der Waals surface area contributed by atoms with E-state index in [-0.39, 0.29) is 6.03 Å². The van der Waals surface area contributed by atoms with E-state index in [1.54, 1.807) is 0 Å². The second-order valence-corrected chi connectivity index (χ2v) is 8.52. The fourth-order valence-corrected chi connectivity index (χ4v) is 4.41. The van der Waals surface area contributed by atoms with E-state index in [1.165, 1.54) is 18.4 Å². The number of carbonyl (C=O) groups excluding carboxylic acids is 2. The largest absolute Gasteiger partial charge is 0.494 e. The molecule has 0 radical (unpaired) electrons. The van der Waals surface area contributed by atoms with Gasteiger partial charge in [-0.2, -0.15) is 0 Å². The molecular weight excluding hydrogens is 432 g/mol. The Labute approximate surface area is 200 Å². The Hall–Kier alpha value is -3.52. The third-order valence-corrected chi connectivity index (χ3v) is 6.24. The van der Waals surface area contributed by atoms with Crippen molar-refractivity contribution in [1.29, 1.82) is 0 Å². The van der Waals surface area contributed by atoms with Gasteiger partial charge in [-0.05, 0) is 43.7 Å². The highest BCUT2D eigenvalue weighted by molar-refractivity contribution is 5.95. The lowest BCUT2D eigenvalue weighted by atomic mass is 9.95. The van der Waals surface area contributed by atoms with Gasteiger partial charge in [-0.15, -0.1) is 0 Å². The molecule has 0 saturated carbocycles. The maximum absolute atomic E-state index is 12.8. The summed E-state index contributed by atoms with van der Waals surface area (Å²) < 4.78 is 10.6. The Morgan fingerprint density at radius 1 is 1.03 bits per heavy atom. The molecule has 2 heterocycles. The molecule has 2 aliphatic heterocycles. The molecule has 0 spiro atoms. The van der Waals surface area contributed by atoms with Gasteiger partial charge in [0.05, 0.1) is 25.3 Å². The predicted molar refractivity (Wildman–Crippen MR) is 131 cm³/mol. The molecule has 2 amide bonds. The van der Waals surface area contributed by atoms with Gasteiger partial charge >= 0.3 is 12.0 Å². The number of aryl methyl sites for hydroxylation is 1. The molecule has 0 unspecified atom stereocenters. The van der Waals surface area contributed by atoms with Gasteiger partial charge < -0.3 is 25.0 Å². The molecular formula is C26H32N4O4. The molecule has 0 bridgehead atoms. The Balaban J connectivity index is 1.52. The standard InChI is InChI=1S/C26H32N4O4/c1-4-34-21-11-7-19(8-12-21)24-23(25(31)33-3)22(27-26(32)28-24)17-29-13-15-30(16-14-29)20-9-5-18(2)6-10-20/h5-12,24H,4,13-17H2,1-3H3,(H2,27,28,32)/t24-/m1/s1. The first kappa shape index (κ1) is 23.6. The summed E-state index contributed by atoms with van der Waals surface area (Å²) in [5.41, 5.74) is 4.25. The molecule has 2 N–H and O–H groups in total. The molecule has 1 fully saturated rings. The van der Waals surface area contributed by atoms with Gasteiger partial charge in [-0.1, -0.05) is 29.8 Å². The van der Waals surface area contributed by atoms with Crippen molar-refractivity contribution in [2.75, 3.05) is 51.3 Å². The highest BCUT2D eigenvalue weighted by Gasteiger charge is 2.34. The van der Waals surface area contributed by atoms with Crippen LogP contribution in [0.3, 0.4) is 0 Å². The van der Waals surface area contributed by atoms with Gasteiger partial charge in [0.2, 0.25) is 0 Å². The van der Waals surface area contributed by atoms with Crippen LogP contribution in [0.2, 0.25) is 0 Å². The fourth-order valence-electron chi connectivity index (χ4n) is 4.41. The summed E-state index contributed by atoms with van der Waals surface area (Å²) in [6, 6.07) is 15.0. The van der Waals surface area contributed by atoms with Gasteiger partial charge in [0.25, 0.3) is 0 Å². The predicted octanol–water partition coefficient (Wildman–Crippen LogP) is 3.00. The number of carbonyl (C=O) groups is 2. The van der Waals surface area contributed by atoms with Gasteiger partial charge in [-0.25, -0.2) is 9.59 Å². The number of nitrogens with zero attached hydrogens (tertiary/aromatic N) is 2. The molecule has 2 aliphatic rings. The first-order chi connectivity index (χ1) is 16.5. The molecule has 0 aromatic heterocycles. The summed E-state index contributed by atoms with van der Waals surface area (Å²) in [6.45, 7) is 8.43. The minimum absolute atomic E-state index is 0.333. The van der Waals surface area contributed by atoms with E-state index in [4.69, 9.17) is 9.47 Å². The summed E-state index contributed by atoms with van der Waals surface area (Å²) in [5, 5.41) is 5.73. The third kappa shape index (κ3) is 5.34. The number of esters is 1. The molecule has 8 heteroatoms. The first-order valence-electron chi connectivity index (χ1n) is 11.6. The van der Waals surface area contributed by atoms with Crippen molar-refractivity contribution in [2.24, 2.45) is 0 Å². The van der Waals surface area contributed by atoms with Crippen LogP contribution in [-0.4, -0.2) is 63.3 Å². The number of anilines is 1. The molecule has 2 aromatic carbocycles. The van der Waals surface area contributed by atoms with E-state index in [1.807, 2.05) is 31.2 Å². The molecule has 34 heavy (non-hydrogen) atoms. The zero-order chi connectivity index (χ0) is 24.1. The highest BCUT2D eigenvalue weighted by Crippen LogP contribution is 2.29. The van der Waals surface area contributed by atoms with E-state index in [9.17, 15) is 9.59 Å². The first-order valence-corrected chi connectivity index (χ1v) is 11.6. The molecule has 4 rings (SSSR count). The van der Waals surface area contributed by atoms with Crippen molar-refractivity contribution in [3.63, 3.8) is 0 Å². The lowest BCUT2D eigenvalue weighted by Gasteiger charge is -2.38. The molecule has 1 saturated heterocycles. The smallest absolute Gasteiger partial charge is 0.338 e. The number of rotatable bonds is 7. The SMILES string of the molecule is CCOc1ccc([C@H]2NC(=O)NC(CN3CCN(c4ccc(C)cc4)CC3)=C2C(=O)OC)cc1. The minimum atomic E-state index is -0.597. The minimum Gasteiger partial charge on any atom is -0.494 e. The van der Waals surface area contributed by atoms with Crippen LogP contribution < -0.4 is 20.3 Å². The summed E-state index contributed by atoms with van der Waals surface area (Å²) in [6.07, 6.45) is 0. The van der Waals surface area contributed by atoms with Crippen LogP contribution in [0.25, 0.3) is 0 Å². The number of ether oxygens (including phenoxy) is 2. The van der Waals surface area contributed by atoms with E-state index in [0.29, 0.717) is 24.4 Å². The number of hydrogen-bond donors (Lipinski definition) is 2. The topological polar surface area (TPSA) is 83.1 Å². The van der Waals surface area contributed by atoms with Crippen molar-refractivity contribution >= 4 is 17.7 Å². The zero-order valence-corrected chi connectivity index (χ0v) is 20.0. The van der Waals surface area contributed by atoms with Gasteiger partial charge in [0.1, 0.15) is 5.75 Å². The quantitative estimate of drug-likeness (QED) is 0.613. The second kappa shape index (κ2) is 10.6. The Morgan fingerprint density at radius 3 is 2.32 bits per heavy atom. The Kier molecular flexibility index (Phi) is 7.37. The van der Waals surface area contributed by atoms with E-state index in [0.717, 1.165) is 37.5 Å². The van der Waals surface area contributed by atoms with Crippen LogP contribution in [0, 0.1) is 6.92 Å². The summed E-state index contributed by atoms with van der Waals surface area (Å²) in [5.74, 6) is 0.279. The van der Waals surface area contributed by atoms with E-state index >= 15 is 0 Å². The van der Waals surface area contributed by atoms with Crippen LogP contribution in [0.1, 0.15) is 24.1 Å². The fraction of sp³-hybridized carbons (Fsp3) is 0.385. The van der Waals surface area contributed by atoms with Crippen LogP contribution in [0.15, 0.2) is 59.8 Å². The van der Waals surface area contributed by atoms with Crippen LogP contribution in [0.4, 0.5) is 10.5 Å².